The smallest absolute Gasteiger partial charge is 0.254 e. The van der Waals surface area contributed by atoms with Crippen LogP contribution in [0.2, 0.25) is 0 Å². The maximum absolute atomic E-state index is 12.4. The van der Waals surface area contributed by atoms with Gasteiger partial charge in [0.25, 0.3) is 5.91 Å². The maximum Gasteiger partial charge on any atom is 0.254 e. The average Bonchev–Trinajstić information content (AvgIpc) is 2.82. The highest BCUT2D eigenvalue weighted by Crippen LogP contribution is 2.22. The first-order valence-electron chi connectivity index (χ1n) is 6.14. The second kappa shape index (κ2) is 6.37. The van der Waals surface area contributed by atoms with Crippen molar-refractivity contribution in [2.75, 3.05) is 19.4 Å². The van der Waals surface area contributed by atoms with E-state index < -0.39 is 0 Å². The highest BCUT2D eigenvalue weighted by molar-refractivity contribution is 9.11. The highest BCUT2D eigenvalue weighted by Gasteiger charge is 2.14. The number of pyridine rings is 1. The molecule has 4 nitrogen and oxygen atoms in total. The fourth-order valence-electron chi connectivity index (χ4n) is 1.91. The van der Waals surface area contributed by atoms with E-state index in [0.717, 1.165) is 15.0 Å². The molecule has 2 aromatic rings. The van der Waals surface area contributed by atoms with Crippen molar-refractivity contribution in [2.24, 2.45) is 0 Å². The minimum Gasteiger partial charge on any atom is -0.373 e. The molecular weight excluding hydrogens is 338 g/mol. The van der Waals surface area contributed by atoms with Gasteiger partial charge in [-0.1, -0.05) is 0 Å². The Bertz CT molecular complexity index is 627. The topological polar surface area (TPSA) is 45.2 Å². The third-order valence-corrected chi connectivity index (χ3v) is 4.40. The molecule has 2 heterocycles. The van der Waals surface area contributed by atoms with Gasteiger partial charge in [0.15, 0.2) is 0 Å². The summed E-state index contributed by atoms with van der Waals surface area (Å²) in [4.78, 5) is 18.4. The molecule has 106 valence electrons. The molecule has 6 heteroatoms. The zero-order valence-electron chi connectivity index (χ0n) is 11.6. The summed E-state index contributed by atoms with van der Waals surface area (Å²) in [5, 5.41) is 5.01. The normalized spacial score (nSPS) is 10.4. The van der Waals surface area contributed by atoms with Crippen LogP contribution in [-0.4, -0.2) is 29.9 Å². The zero-order valence-corrected chi connectivity index (χ0v) is 14.0. The number of nitrogens with zero attached hydrogens (tertiary/aromatic N) is 2. The third-order valence-electron chi connectivity index (χ3n) is 2.84. The molecule has 0 aliphatic heterocycles. The minimum atomic E-state index is -0.00526. The van der Waals surface area contributed by atoms with Crippen molar-refractivity contribution in [2.45, 2.75) is 13.5 Å². The summed E-state index contributed by atoms with van der Waals surface area (Å²) in [6.07, 6.45) is 0. The number of nitrogens with one attached hydrogen (secondary N) is 1. The Balaban J connectivity index is 2.15. The summed E-state index contributed by atoms with van der Waals surface area (Å²) in [5.41, 5.74) is 2.60. The molecule has 0 saturated heterocycles. The zero-order chi connectivity index (χ0) is 14.7. The standard InChI is InChI=1S/C14H16BrN3OS/c1-9-4-11(6-13(16-2)17-9)14(19)18(3)7-10-5-12(15)20-8-10/h4-6,8H,7H2,1-3H3,(H,16,17). The summed E-state index contributed by atoms with van der Waals surface area (Å²) in [6, 6.07) is 5.61. The van der Waals surface area contributed by atoms with Crippen LogP contribution in [-0.2, 0) is 6.54 Å². The predicted molar refractivity (Wildman–Crippen MR) is 86.3 cm³/mol. The summed E-state index contributed by atoms with van der Waals surface area (Å²) in [5.74, 6) is 0.703. The van der Waals surface area contributed by atoms with Crippen LogP contribution in [0.1, 0.15) is 21.6 Å². The van der Waals surface area contributed by atoms with Crippen LogP contribution in [0.3, 0.4) is 0 Å². The Labute approximate surface area is 131 Å². The van der Waals surface area contributed by atoms with Crippen molar-refractivity contribution in [1.29, 1.82) is 0 Å². The number of halogens is 1. The Hall–Kier alpha value is -1.40. The van der Waals surface area contributed by atoms with Crippen molar-refractivity contribution >= 4 is 39.0 Å². The lowest BCUT2D eigenvalue weighted by molar-refractivity contribution is 0.0785. The summed E-state index contributed by atoms with van der Waals surface area (Å²) in [6.45, 7) is 2.48. The van der Waals surface area contributed by atoms with Gasteiger partial charge in [0.2, 0.25) is 0 Å². The van der Waals surface area contributed by atoms with Crippen LogP contribution in [0.5, 0.6) is 0 Å². The number of aromatic nitrogens is 1. The molecule has 1 amide bonds. The van der Waals surface area contributed by atoms with Gasteiger partial charge < -0.3 is 10.2 Å². The number of thiophene rings is 1. The fourth-order valence-corrected chi connectivity index (χ4v) is 3.12. The van der Waals surface area contributed by atoms with Gasteiger partial charge in [-0.2, -0.15) is 0 Å². The lowest BCUT2D eigenvalue weighted by Gasteiger charge is -2.17. The molecule has 0 aliphatic rings. The van der Waals surface area contributed by atoms with Gasteiger partial charge in [0.1, 0.15) is 5.82 Å². The van der Waals surface area contributed by atoms with Gasteiger partial charge >= 0.3 is 0 Å². The van der Waals surface area contributed by atoms with Crippen molar-refractivity contribution in [3.05, 3.63) is 44.2 Å². The predicted octanol–water partition coefficient (Wildman–Crippen LogP) is 3.53. The molecule has 1 N–H and O–H groups in total. The van der Waals surface area contributed by atoms with Crippen molar-refractivity contribution < 1.29 is 4.79 Å². The van der Waals surface area contributed by atoms with Gasteiger partial charge in [-0.15, -0.1) is 11.3 Å². The SMILES string of the molecule is CNc1cc(C(=O)N(C)Cc2csc(Br)c2)cc(C)n1. The highest BCUT2D eigenvalue weighted by atomic mass is 79.9. The molecule has 0 saturated carbocycles. The van der Waals surface area contributed by atoms with E-state index in [-0.39, 0.29) is 5.91 Å². The van der Waals surface area contributed by atoms with E-state index in [1.165, 1.54) is 0 Å². The van der Waals surface area contributed by atoms with E-state index in [2.05, 4.69) is 26.2 Å². The Kier molecular flexibility index (Phi) is 4.77. The second-order valence-electron chi connectivity index (χ2n) is 4.55. The van der Waals surface area contributed by atoms with Crippen molar-refractivity contribution in [1.82, 2.24) is 9.88 Å². The summed E-state index contributed by atoms with van der Waals surface area (Å²) < 4.78 is 1.07. The lowest BCUT2D eigenvalue weighted by atomic mass is 10.2. The van der Waals surface area contributed by atoms with E-state index in [1.807, 2.05) is 31.5 Å². The number of anilines is 1. The maximum atomic E-state index is 12.4. The van der Waals surface area contributed by atoms with Crippen molar-refractivity contribution in [3.8, 4) is 0 Å². The molecule has 0 spiro atoms. The Morgan fingerprint density at radius 2 is 2.20 bits per heavy atom. The Morgan fingerprint density at radius 1 is 1.45 bits per heavy atom. The quantitative estimate of drug-likeness (QED) is 0.914. The second-order valence-corrected chi connectivity index (χ2v) is 6.84. The first kappa shape index (κ1) is 15.0. The number of hydrogen-bond acceptors (Lipinski definition) is 4. The molecule has 2 aromatic heterocycles. The summed E-state index contributed by atoms with van der Waals surface area (Å²) >= 11 is 5.05. The monoisotopic (exact) mass is 353 g/mol. The molecule has 0 unspecified atom stereocenters. The molecule has 0 fully saturated rings. The van der Waals surface area contributed by atoms with Gasteiger partial charge in [-0.05, 0) is 52.0 Å². The number of hydrogen-bond donors (Lipinski definition) is 1. The Morgan fingerprint density at radius 3 is 2.80 bits per heavy atom. The number of aryl methyl sites for hydroxylation is 1. The van der Waals surface area contributed by atoms with E-state index in [9.17, 15) is 4.79 Å². The van der Waals surface area contributed by atoms with Crippen LogP contribution in [0.15, 0.2) is 27.4 Å². The van der Waals surface area contributed by atoms with Gasteiger partial charge in [-0.3, -0.25) is 4.79 Å². The van der Waals surface area contributed by atoms with Gasteiger partial charge in [0.05, 0.1) is 3.79 Å². The largest absolute Gasteiger partial charge is 0.373 e. The molecular formula is C14H16BrN3OS. The number of rotatable bonds is 4. The van der Waals surface area contributed by atoms with Gasteiger partial charge in [0, 0.05) is 31.9 Å². The van der Waals surface area contributed by atoms with E-state index >= 15 is 0 Å². The number of amides is 1. The van der Waals surface area contributed by atoms with Gasteiger partial charge in [-0.25, -0.2) is 4.98 Å². The molecule has 0 atom stereocenters. The molecule has 0 aliphatic carbocycles. The first-order valence-corrected chi connectivity index (χ1v) is 7.81. The average molecular weight is 354 g/mol. The van der Waals surface area contributed by atoms with Crippen LogP contribution < -0.4 is 5.32 Å². The van der Waals surface area contributed by atoms with E-state index in [1.54, 1.807) is 29.4 Å². The lowest BCUT2D eigenvalue weighted by Crippen LogP contribution is -2.26. The van der Waals surface area contributed by atoms with Crippen LogP contribution in [0.25, 0.3) is 0 Å². The van der Waals surface area contributed by atoms with Crippen LogP contribution in [0, 0.1) is 6.92 Å². The van der Waals surface area contributed by atoms with Crippen molar-refractivity contribution in [3.63, 3.8) is 0 Å². The fraction of sp³-hybridized carbons (Fsp3) is 0.286. The van der Waals surface area contributed by atoms with Crippen LogP contribution in [0.4, 0.5) is 5.82 Å². The molecule has 0 aromatic carbocycles. The van der Waals surface area contributed by atoms with E-state index in [4.69, 9.17) is 0 Å². The number of carbonyl (C=O) groups excluding carboxylic acids is 1. The summed E-state index contributed by atoms with van der Waals surface area (Å²) in [7, 11) is 3.60. The minimum absolute atomic E-state index is 0.00526. The molecule has 2 rings (SSSR count). The number of carbonyl (C=O) groups is 1. The molecule has 0 bridgehead atoms. The van der Waals surface area contributed by atoms with Crippen LogP contribution >= 0.6 is 27.3 Å². The van der Waals surface area contributed by atoms with E-state index in [0.29, 0.717) is 17.9 Å². The first-order chi connectivity index (χ1) is 9.49. The third kappa shape index (κ3) is 3.58. The molecule has 0 radical (unpaired) electrons. The molecule has 20 heavy (non-hydrogen) atoms.